The standard InChI is InChI=1S/C19H20Cl2N2O/c1-12(14-7-10-16(20)17(21)11-14)22-23-18(24)13-5-8-15(9-6-13)19(2,3)4/h5-11H,1-4H3,(H,23,24)/b22-12+. The largest absolute Gasteiger partial charge is 0.271 e. The number of benzene rings is 2. The summed E-state index contributed by atoms with van der Waals surface area (Å²) < 4.78 is 0. The van der Waals surface area contributed by atoms with Crippen molar-refractivity contribution in [2.24, 2.45) is 5.10 Å². The van der Waals surface area contributed by atoms with E-state index in [-0.39, 0.29) is 11.3 Å². The van der Waals surface area contributed by atoms with Gasteiger partial charge in [-0.05, 0) is 47.7 Å². The van der Waals surface area contributed by atoms with Gasteiger partial charge in [-0.3, -0.25) is 4.79 Å². The summed E-state index contributed by atoms with van der Waals surface area (Å²) in [6.45, 7) is 8.19. The Kier molecular flexibility index (Phi) is 5.68. The zero-order chi connectivity index (χ0) is 17.9. The molecule has 24 heavy (non-hydrogen) atoms. The van der Waals surface area contributed by atoms with E-state index in [1.807, 2.05) is 12.1 Å². The lowest BCUT2D eigenvalue weighted by atomic mass is 9.87. The van der Waals surface area contributed by atoms with Crippen LogP contribution in [0.4, 0.5) is 0 Å². The minimum Gasteiger partial charge on any atom is -0.267 e. The van der Waals surface area contributed by atoms with Gasteiger partial charge in [0.15, 0.2) is 0 Å². The predicted octanol–water partition coefficient (Wildman–Crippen LogP) is 5.44. The molecule has 3 nitrogen and oxygen atoms in total. The quantitative estimate of drug-likeness (QED) is 0.572. The molecular formula is C19H20Cl2N2O. The molecule has 1 N–H and O–H groups in total. The Bertz CT molecular complexity index is 775. The van der Waals surface area contributed by atoms with Crippen molar-refractivity contribution < 1.29 is 4.79 Å². The van der Waals surface area contributed by atoms with Crippen molar-refractivity contribution in [1.29, 1.82) is 0 Å². The van der Waals surface area contributed by atoms with E-state index < -0.39 is 0 Å². The van der Waals surface area contributed by atoms with Crippen LogP contribution in [0.5, 0.6) is 0 Å². The molecule has 2 aromatic carbocycles. The van der Waals surface area contributed by atoms with Crippen LogP contribution in [0.25, 0.3) is 0 Å². The fourth-order valence-corrected chi connectivity index (χ4v) is 2.40. The van der Waals surface area contributed by atoms with Gasteiger partial charge < -0.3 is 0 Å². The number of nitrogens with one attached hydrogen (secondary N) is 1. The number of hydrogen-bond donors (Lipinski definition) is 1. The third kappa shape index (κ3) is 4.59. The van der Waals surface area contributed by atoms with E-state index in [0.29, 0.717) is 21.3 Å². The maximum atomic E-state index is 12.2. The van der Waals surface area contributed by atoms with Crippen LogP contribution >= 0.6 is 23.2 Å². The first kappa shape index (κ1) is 18.5. The van der Waals surface area contributed by atoms with E-state index in [1.165, 1.54) is 5.56 Å². The van der Waals surface area contributed by atoms with Crippen molar-refractivity contribution in [1.82, 2.24) is 5.43 Å². The second-order valence-corrected chi connectivity index (χ2v) is 7.41. The smallest absolute Gasteiger partial charge is 0.267 e. The van der Waals surface area contributed by atoms with E-state index in [2.05, 4.69) is 31.3 Å². The number of hydrazone groups is 1. The van der Waals surface area contributed by atoms with E-state index in [1.54, 1.807) is 37.3 Å². The summed E-state index contributed by atoms with van der Waals surface area (Å²) >= 11 is 11.9. The van der Waals surface area contributed by atoms with Gasteiger partial charge in [-0.1, -0.05) is 62.2 Å². The maximum Gasteiger partial charge on any atom is 0.271 e. The zero-order valence-corrected chi connectivity index (χ0v) is 15.7. The number of nitrogens with zero attached hydrogens (tertiary/aromatic N) is 1. The summed E-state index contributed by atoms with van der Waals surface area (Å²) in [5.74, 6) is -0.255. The molecule has 126 valence electrons. The van der Waals surface area contributed by atoms with Gasteiger partial charge in [-0.15, -0.1) is 0 Å². The summed E-state index contributed by atoms with van der Waals surface area (Å²) in [5, 5.41) is 5.06. The Morgan fingerprint density at radius 2 is 1.54 bits per heavy atom. The number of hydrogen-bond acceptors (Lipinski definition) is 2. The molecule has 0 aliphatic heterocycles. The molecule has 2 aromatic rings. The van der Waals surface area contributed by atoms with Crippen molar-refractivity contribution in [3.8, 4) is 0 Å². The molecule has 0 bridgehead atoms. The molecule has 0 aliphatic rings. The lowest BCUT2D eigenvalue weighted by molar-refractivity contribution is 0.0955. The molecule has 1 amide bonds. The predicted molar refractivity (Wildman–Crippen MR) is 101 cm³/mol. The molecular weight excluding hydrogens is 343 g/mol. The van der Waals surface area contributed by atoms with Crippen LogP contribution in [-0.2, 0) is 5.41 Å². The first-order chi connectivity index (χ1) is 11.2. The first-order valence-corrected chi connectivity index (χ1v) is 8.34. The number of rotatable bonds is 3. The third-order valence-electron chi connectivity index (χ3n) is 3.68. The highest BCUT2D eigenvalue weighted by Crippen LogP contribution is 2.23. The monoisotopic (exact) mass is 362 g/mol. The van der Waals surface area contributed by atoms with Gasteiger partial charge in [0.25, 0.3) is 5.91 Å². The van der Waals surface area contributed by atoms with Gasteiger partial charge in [-0.2, -0.15) is 5.10 Å². The molecule has 0 heterocycles. The number of carbonyl (C=O) groups excluding carboxylic acids is 1. The second kappa shape index (κ2) is 7.37. The fourth-order valence-electron chi connectivity index (χ4n) is 2.11. The van der Waals surface area contributed by atoms with Crippen molar-refractivity contribution >= 4 is 34.8 Å². The van der Waals surface area contributed by atoms with Gasteiger partial charge in [0, 0.05) is 5.56 Å². The molecule has 0 fully saturated rings. The van der Waals surface area contributed by atoms with Gasteiger partial charge >= 0.3 is 0 Å². The average Bonchev–Trinajstić information content (AvgIpc) is 2.54. The van der Waals surface area contributed by atoms with Crippen LogP contribution in [0.3, 0.4) is 0 Å². The van der Waals surface area contributed by atoms with E-state index >= 15 is 0 Å². The van der Waals surface area contributed by atoms with Crippen LogP contribution in [0.2, 0.25) is 10.0 Å². The van der Waals surface area contributed by atoms with Crippen LogP contribution in [0.15, 0.2) is 47.6 Å². The molecule has 0 radical (unpaired) electrons. The molecule has 0 spiro atoms. The maximum absolute atomic E-state index is 12.2. The Balaban J connectivity index is 2.10. The number of carbonyl (C=O) groups is 1. The Morgan fingerprint density at radius 1 is 0.958 bits per heavy atom. The van der Waals surface area contributed by atoms with E-state index in [9.17, 15) is 4.79 Å². The molecule has 0 aliphatic carbocycles. The molecule has 0 aromatic heterocycles. The minimum atomic E-state index is -0.255. The molecule has 0 atom stereocenters. The molecule has 0 saturated heterocycles. The van der Waals surface area contributed by atoms with Gasteiger partial charge in [0.1, 0.15) is 0 Å². The Morgan fingerprint density at radius 3 is 2.08 bits per heavy atom. The van der Waals surface area contributed by atoms with Crippen molar-refractivity contribution in [2.75, 3.05) is 0 Å². The summed E-state index contributed by atoms with van der Waals surface area (Å²) in [6, 6.07) is 12.8. The van der Waals surface area contributed by atoms with E-state index in [4.69, 9.17) is 23.2 Å². The first-order valence-electron chi connectivity index (χ1n) is 7.59. The highest BCUT2D eigenvalue weighted by atomic mass is 35.5. The summed E-state index contributed by atoms with van der Waals surface area (Å²) in [7, 11) is 0. The van der Waals surface area contributed by atoms with Crippen LogP contribution in [-0.4, -0.2) is 11.6 Å². The van der Waals surface area contributed by atoms with Crippen molar-refractivity contribution in [3.63, 3.8) is 0 Å². The van der Waals surface area contributed by atoms with Gasteiger partial charge in [0.2, 0.25) is 0 Å². The van der Waals surface area contributed by atoms with Crippen LogP contribution in [0.1, 0.15) is 49.2 Å². The van der Waals surface area contributed by atoms with Crippen LogP contribution in [0, 0.1) is 0 Å². The highest BCUT2D eigenvalue weighted by molar-refractivity contribution is 6.42. The highest BCUT2D eigenvalue weighted by Gasteiger charge is 2.14. The molecule has 2 rings (SSSR count). The third-order valence-corrected chi connectivity index (χ3v) is 4.41. The van der Waals surface area contributed by atoms with Crippen LogP contribution < -0.4 is 5.43 Å². The number of halogens is 2. The van der Waals surface area contributed by atoms with Crippen molar-refractivity contribution in [2.45, 2.75) is 33.1 Å². The Hall–Kier alpha value is -1.84. The average molecular weight is 363 g/mol. The molecule has 0 saturated carbocycles. The minimum absolute atomic E-state index is 0.0532. The van der Waals surface area contributed by atoms with Gasteiger partial charge in [0.05, 0.1) is 15.8 Å². The summed E-state index contributed by atoms with van der Waals surface area (Å²) in [4.78, 5) is 12.2. The topological polar surface area (TPSA) is 41.5 Å². The molecule has 5 heteroatoms. The summed E-state index contributed by atoms with van der Waals surface area (Å²) in [5.41, 5.74) is 5.80. The fraction of sp³-hybridized carbons (Fsp3) is 0.263. The lowest BCUT2D eigenvalue weighted by Gasteiger charge is -2.18. The van der Waals surface area contributed by atoms with Crippen molar-refractivity contribution in [3.05, 3.63) is 69.2 Å². The molecule has 0 unspecified atom stereocenters. The zero-order valence-electron chi connectivity index (χ0n) is 14.2. The second-order valence-electron chi connectivity index (χ2n) is 6.59. The Labute approximate surface area is 152 Å². The van der Waals surface area contributed by atoms with Gasteiger partial charge in [-0.25, -0.2) is 5.43 Å². The van der Waals surface area contributed by atoms with E-state index in [0.717, 1.165) is 5.56 Å². The SMILES string of the molecule is C/C(=N\NC(=O)c1ccc(C(C)(C)C)cc1)c1ccc(Cl)c(Cl)c1. The number of amides is 1. The normalized spacial score (nSPS) is 12.2. The summed E-state index contributed by atoms with van der Waals surface area (Å²) in [6.07, 6.45) is 0. The lowest BCUT2D eigenvalue weighted by Crippen LogP contribution is -2.20.